The van der Waals surface area contributed by atoms with Crippen LogP contribution >= 0.6 is 0 Å². The third-order valence-corrected chi connectivity index (χ3v) is 7.99. The molecule has 0 aromatic heterocycles. The van der Waals surface area contributed by atoms with Crippen molar-refractivity contribution < 1.29 is 13.2 Å². The number of carbonyl (C=O) groups is 1. The fraction of sp³-hybridized carbons (Fsp3) is 0.391. The van der Waals surface area contributed by atoms with Gasteiger partial charge in [0.05, 0.1) is 10.5 Å². The normalized spacial score (nSPS) is 19.1. The Bertz CT molecular complexity index is 1070. The lowest BCUT2D eigenvalue weighted by Gasteiger charge is -2.39. The molecule has 1 amide bonds. The van der Waals surface area contributed by atoms with Crippen molar-refractivity contribution in [1.82, 2.24) is 14.1 Å². The maximum atomic E-state index is 13.3. The Kier molecular flexibility index (Phi) is 6.37. The van der Waals surface area contributed by atoms with Crippen LogP contribution in [-0.2, 0) is 14.8 Å². The second kappa shape index (κ2) is 9.18. The number of sulfonamides is 1. The van der Waals surface area contributed by atoms with E-state index in [0.29, 0.717) is 13.1 Å². The first kappa shape index (κ1) is 21.5. The molecule has 2 aliphatic heterocycles. The summed E-state index contributed by atoms with van der Waals surface area (Å²) in [6.07, 6.45) is 2.05. The van der Waals surface area contributed by atoms with Crippen molar-refractivity contribution in [2.45, 2.75) is 23.8 Å². The summed E-state index contributed by atoms with van der Waals surface area (Å²) in [5, 5.41) is 9.30. The number of hydrogen-bond acceptors (Lipinski definition) is 5. The molecule has 2 aliphatic rings. The van der Waals surface area contributed by atoms with Crippen molar-refractivity contribution in [1.29, 1.82) is 5.26 Å². The van der Waals surface area contributed by atoms with Crippen molar-refractivity contribution in [2.24, 2.45) is 0 Å². The van der Waals surface area contributed by atoms with Crippen molar-refractivity contribution in [3.8, 4) is 6.07 Å². The topological polar surface area (TPSA) is 84.7 Å². The van der Waals surface area contributed by atoms with Crippen LogP contribution in [0.4, 0.5) is 0 Å². The van der Waals surface area contributed by atoms with Crippen LogP contribution in [0.2, 0.25) is 0 Å². The summed E-state index contributed by atoms with van der Waals surface area (Å²) >= 11 is 0. The monoisotopic (exact) mass is 438 g/mol. The molecule has 2 aromatic carbocycles. The molecule has 8 heteroatoms. The second-order valence-electron chi connectivity index (χ2n) is 7.89. The third-order valence-electron chi connectivity index (χ3n) is 6.03. The Morgan fingerprint density at radius 2 is 1.48 bits per heavy atom. The first-order chi connectivity index (χ1) is 15.0. The minimum absolute atomic E-state index is 0.0405. The molecule has 2 aromatic rings. The predicted molar refractivity (Wildman–Crippen MR) is 116 cm³/mol. The first-order valence-electron chi connectivity index (χ1n) is 10.6. The van der Waals surface area contributed by atoms with Crippen molar-refractivity contribution in [3.63, 3.8) is 0 Å². The molecule has 4 rings (SSSR count). The lowest BCUT2D eigenvalue weighted by atomic mass is 10.0. The van der Waals surface area contributed by atoms with Gasteiger partial charge in [0.1, 0.15) is 12.1 Å². The van der Waals surface area contributed by atoms with Gasteiger partial charge in [-0.1, -0.05) is 42.5 Å². The van der Waals surface area contributed by atoms with E-state index in [4.69, 9.17) is 0 Å². The van der Waals surface area contributed by atoms with Gasteiger partial charge in [0.15, 0.2) is 0 Å². The molecule has 1 atom stereocenters. The van der Waals surface area contributed by atoms with E-state index in [0.717, 1.165) is 31.5 Å². The first-order valence-corrected chi connectivity index (χ1v) is 12.0. The number of nitrogens with zero attached hydrogens (tertiary/aromatic N) is 4. The van der Waals surface area contributed by atoms with Gasteiger partial charge < -0.3 is 4.90 Å². The summed E-state index contributed by atoms with van der Waals surface area (Å²) in [7, 11) is -3.77. The molecule has 2 heterocycles. The number of piperazine rings is 1. The van der Waals surface area contributed by atoms with Crippen LogP contribution in [0.3, 0.4) is 0 Å². The quantitative estimate of drug-likeness (QED) is 0.715. The summed E-state index contributed by atoms with van der Waals surface area (Å²) in [6.45, 7) is 3.01. The number of rotatable bonds is 5. The van der Waals surface area contributed by atoms with Gasteiger partial charge in [-0.15, -0.1) is 0 Å². The van der Waals surface area contributed by atoms with Crippen molar-refractivity contribution >= 4 is 15.9 Å². The smallest absolute Gasteiger partial charge is 0.244 e. The zero-order chi connectivity index (χ0) is 21.8. The summed E-state index contributed by atoms with van der Waals surface area (Å²) in [4.78, 5) is 17.4. The third kappa shape index (κ3) is 4.35. The maximum absolute atomic E-state index is 13.3. The van der Waals surface area contributed by atoms with Crippen LogP contribution in [0.25, 0.3) is 0 Å². The van der Waals surface area contributed by atoms with Crippen LogP contribution in [0.5, 0.6) is 0 Å². The molecular weight excluding hydrogens is 412 g/mol. The average Bonchev–Trinajstić information content (AvgIpc) is 3.35. The number of carbonyl (C=O) groups excluding carboxylic acids is 1. The highest BCUT2D eigenvalue weighted by molar-refractivity contribution is 7.89. The Labute approximate surface area is 183 Å². The van der Waals surface area contributed by atoms with Gasteiger partial charge in [0.25, 0.3) is 0 Å². The van der Waals surface area contributed by atoms with Gasteiger partial charge in [0, 0.05) is 39.3 Å². The summed E-state index contributed by atoms with van der Waals surface area (Å²) < 4.78 is 27.7. The molecule has 0 saturated carbocycles. The van der Waals surface area contributed by atoms with Crippen molar-refractivity contribution in [3.05, 3.63) is 65.7 Å². The molecule has 162 valence electrons. The molecule has 0 aliphatic carbocycles. The fourth-order valence-corrected chi connectivity index (χ4v) is 5.94. The van der Waals surface area contributed by atoms with E-state index in [1.54, 1.807) is 12.1 Å². The summed E-state index contributed by atoms with van der Waals surface area (Å²) in [5.41, 5.74) is 1.09. The number of amides is 1. The molecule has 7 nitrogen and oxygen atoms in total. The standard InChI is InChI=1S/C23H26N4O3S/c24-18-20-10-4-5-11-21(20)31(29,30)27-16-14-25(15-17-27)22(19-8-2-1-3-9-19)23(28)26-12-6-7-13-26/h1-5,8-11,22H,6-7,12-17H2. The highest BCUT2D eigenvalue weighted by Gasteiger charge is 2.37. The molecule has 0 N–H and O–H groups in total. The van der Waals surface area contributed by atoms with E-state index >= 15 is 0 Å². The zero-order valence-corrected chi connectivity index (χ0v) is 18.2. The predicted octanol–water partition coefficient (Wildman–Crippen LogP) is 2.23. The highest BCUT2D eigenvalue weighted by atomic mass is 32.2. The zero-order valence-electron chi connectivity index (χ0n) is 17.4. The van der Waals surface area contributed by atoms with Crippen molar-refractivity contribution in [2.75, 3.05) is 39.3 Å². The fourth-order valence-electron chi connectivity index (χ4n) is 4.38. The van der Waals surface area contributed by atoms with E-state index in [2.05, 4.69) is 4.90 Å². The van der Waals surface area contributed by atoms with E-state index in [1.165, 1.54) is 16.4 Å². The van der Waals surface area contributed by atoms with Crippen LogP contribution in [0, 0.1) is 11.3 Å². The molecule has 0 radical (unpaired) electrons. The van der Waals surface area contributed by atoms with E-state index in [9.17, 15) is 18.5 Å². The van der Waals surface area contributed by atoms with Gasteiger partial charge in [-0.25, -0.2) is 8.42 Å². The Hall–Kier alpha value is -2.73. The van der Waals surface area contributed by atoms with Gasteiger partial charge in [0.2, 0.25) is 15.9 Å². The largest absolute Gasteiger partial charge is 0.341 e. The number of likely N-dealkylation sites (tertiary alicyclic amines) is 1. The highest BCUT2D eigenvalue weighted by Crippen LogP contribution is 2.28. The summed E-state index contributed by atoms with van der Waals surface area (Å²) in [6, 6.07) is 17.6. The molecule has 1 unspecified atom stereocenters. The Morgan fingerprint density at radius 3 is 2.13 bits per heavy atom. The van der Waals surface area contributed by atoms with Crippen LogP contribution in [0.1, 0.15) is 30.0 Å². The van der Waals surface area contributed by atoms with Crippen LogP contribution < -0.4 is 0 Å². The van der Waals surface area contributed by atoms with Gasteiger partial charge in [-0.05, 0) is 30.5 Å². The van der Waals surface area contributed by atoms with Gasteiger partial charge in [-0.3, -0.25) is 9.69 Å². The van der Waals surface area contributed by atoms with E-state index in [1.807, 2.05) is 41.3 Å². The van der Waals surface area contributed by atoms with E-state index in [-0.39, 0.29) is 29.5 Å². The van der Waals surface area contributed by atoms with Gasteiger partial charge in [-0.2, -0.15) is 9.57 Å². The molecule has 0 bridgehead atoms. The lowest BCUT2D eigenvalue weighted by Crippen LogP contribution is -2.52. The number of hydrogen-bond donors (Lipinski definition) is 0. The molecular formula is C23H26N4O3S. The Morgan fingerprint density at radius 1 is 0.871 bits per heavy atom. The minimum atomic E-state index is -3.77. The lowest BCUT2D eigenvalue weighted by molar-refractivity contribution is -0.136. The minimum Gasteiger partial charge on any atom is -0.341 e. The van der Waals surface area contributed by atoms with Gasteiger partial charge >= 0.3 is 0 Å². The Balaban J connectivity index is 1.54. The number of benzene rings is 2. The SMILES string of the molecule is N#Cc1ccccc1S(=O)(=O)N1CCN(C(C(=O)N2CCCC2)c2ccccc2)CC1. The van der Waals surface area contributed by atoms with E-state index < -0.39 is 16.1 Å². The average molecular weight is 439 g/mol. The summed E-state index contributed by atoms with van der Waals surface area (Å²) in [5.74, 6) is 0.0924. The molecule has 0 spiro atoms. The van der Waals surface area contributed by atoms with Crippen LogP contribution in [0.15, 0.2) is 59.5 Å². The second-order valence-corrected chi connectivity index (χ2v) is 9.80. The molecule has 31 heavy (non-hydrogen) atoms. The van der Waals surface area contributed by atoms with Crippen LogP contribution in [-0.4, -0.2) is 67.7 Å². The molecule has 2 fully saturated rings. The molecule has 2 saturated heterocycles. The number of nitriles is 1. The maximum Gasteiger partial charge on any atom is 0.244 e.